The largest absolute Gasteiger partial charge is 0.490 e. The summed E-state index contributed by atoms with van der Waals surface area (Å²) in [5.41, 5.74) is 1.70. The number of amides is 4. The van der Waals surface area contributed by atoms with Crippen LogP contribution < -0.4 is 25.2 Å². The summed E-state index contributed by atoms with van der Waals surface area (Å²) < 4.78 is 8.16. The minimum absolute atomic E-state index is 0.0311. The lowest BCUT2D eigenvalue weighted by atomic mass is 9.92. The Morgan fingerprint density at radius 2 is 1.76 bits per heavy atom. The maximum absolute atomic E-state index is 13.0. The Morgan fingerprint density at radius 1 is 0.964 bits per heavy atom. The lowest BCUT2D eigenvalue weighted by Gasteiger charge is -2.38. The molecule has 286 valence electrons. The monoisotopic (exact) mass is 765 g/mol. The number of halogens is 1. The van der Waals surface area contributed by atoms with Gasteiger partial charge in [0, 0.05) is 64.0 Å². The van der Waals surface area contributed by atoms with Crippen LogP contribution in [0.1, 0.15) is 79.9 Å². The number of carbonyl (C=O) groups is 3. The number of imide groups is 1. The number of nitrogens with one attached hydrogen (secondary N) is 2. The van der Waals surface area contributed by atoms with Crippen molar-refractivity contribution >= 4 is 52.0 Å². The summed E-state index contributed by atoms with van der Waals surface area (Å²) in [6.45, 7) is 5.18. The van der Waals surface area contributed by atoms with E-state index in [1.54, 1.807) is 36.7 Å². The predicted octanol–water partition coefficient (Wildman–Crippen LogP) is 4.87. The lowest BCUT2D eigenvalue weighted by molar-refractivity contribution is -0.120. The minimum atomic E-state index is -0.444. The summed E-state index contributed by atoms with van der Waals surface area (Å²) in [6.07, 6.45) is 11.1. The Kier molecular flexibility index (Phi) is 10.8. The average molecular weight is 766 g/mol. The third kappa shape index (κ3) is 8.20. The van der Waals surface area contributed by atoms with Crippen molar-refractivity contribution in [2.24, 2.45) is 5.92 Å². The fourth-order valence-corrected chi connectivity index (χ4v) is 8.55. The molecular formula is C39H44ClN11O4. The second-order valence-electron chi connectivity index (χ2n) is 15.0. The second-order valence-corrected chi connectivity index (χ2v) is 15.4. The van der Waals surface area contributed by atoms with E-state index in [1.807, 2.05) is 12.1 Å². The number of aromatic nitrogens is 5. The van der Waals surface area contributed by atoms with Crippen molar-refractivity contribution in [1.82, 2.24) is 40.5 Å². The molecule has 8 rings (SSSR count). The quantitative estimate of drug-likeness (QED) is 0.238. The molecule has 1 saturated carbocycles. The van der Waals surface area contributed by atoms with E-state index < -0.39 is 6.03 Å². The van der Waals surface area contributed by atoms with E-state index >= 15 is 0 Å². The fraction of sp³-hybridized carbons (Fsp3) is 0.487. The topological polar surface area (TPSA) is 174 Å². The highest BCUT2D eigenvalue weighted by Crippen LogP contribution is 2.32. The molecule has 1 aromatic carbocycles. The number of nitrogens with zero attached hydrogens (tertiary/aromatic N) is 9. The van der Waals surface area contributed by atoms with Gasteiger partial charge in [0.15, 0.2) is 11.5 Å². The zero-order valence-corrected chi connectivity index (χ0v) is 31.3. The number of likely N-dealkylation sites (tertiary alicyclic amines) is 1. The number of ether oxygens (including phenoxy) is 1. The van der Waals surface area contributed by atoms with E-state index in [1.165, 1.54) is 4.90 Å². The van der Waals surface area contributed by atoms with Crippen molar-refractivity contribution in [3.8, 4) is 11.8 Å². The molecule has 0 radical (unpaired) electrons. The van der Waals surface area contributed by atoms with E-state index in [-0.39, 0.29) is 36.4 Å². The normalized spacial score (nSPS) is 21.7. The Balaban J connectivity index is 0.760. The number of benzene rings is 1. The highest BCUT2D eigenvalue weighted by molar-refractivity contribution is 6.31. The van der Waals surface area contributed by atoms with Gasteiger partial charge in [-0.15, -0.1) is 10.2 Å². The number of rotatable bonds is 9. The van der Waals surface area contributed by atoms with Crippen LogP contribution in [-0.2, 0) is 4.79 Å². The first-order chi connectivity index (χ1) is 26.8. The number of nitriles is 1. The van der Waals surface area contributed by atoms with Crippen LogP contribution in [0.15, 0.2) is 48.8 Å². The maximum Gasteiger partial charge on any atom is 0.329 e. The standard InChI is InChI=1S/C39H44ClN11O4/c40-32-21-30(4-1-26(32)22-41)55-29-5-2-27(3-6-29)44-38(53)33-7-8-35(47-46-33)49-18-10-25(11-19-49)24-48-16-12-28(13-17-48)51-34-9-15-42-37(31(34)23-43-51)50-20-14-36(52)45-39(50)54/h1,4,7-9,15,21,23,25,27-29H,2-3,5-6,10-14,16-20,24H2,(H,44,53)(H,45,52,54). The van der Waals surface area contributed by atoms with Crippen molar-refractivity contribution in [3.05, 3.63) is 65.1 Å². The number of fused-ring (bicyclic) bond motifs is 1. The molecular weight excluding hydrogens is 722 g/mol. The van der Waals surface area contributed by atoms with Gasteiger partial charge < -0.3 is 19.9 Å². The molecule has 0 spiro atoms. The molecule has 6 heterocycles. The van der Waals surface area contributed by atoms with Gasteiger partial charge in [0.25, 0.3) is 5.91 Å². The molecule has 16 heteroatoms. The Labute approximate surface area is 324 Å². The molecule has 4 aliphatic rings. The van der Waals surface area contributed by atoms with Crippen LogP contribution in [-0.4, -0.2) is 99.1 Å². The summed E-state index contributed by atoms with van der Waals surface area (Å²) in [5.74, 6) is 2.12. The van der Waals surface area contributed by atoms with Gasteiger partial charge in [0.1, 0.15) is 17.6 Å². The van der Waals surface area contributed by atoms with Gasteiger partial charge >= 0.3 is 6.03 Å². The third-order valence-corrected chi connectivity index (χ3v) is 11.7. The number of pyridine rings is 1. The zero-order valence-electron chi connectivity index (χ0n) is 30.6. The van der Waals surface area contributed by atoms with E-state index in [0.29, 0.717) is 40.3 Å². The molecule has 4 fully saturated rings. The first-order valence-electron chi connectivity index (χ1n) is 19.2. The van der Waals surface area contributed by atoms with Gasteiger partial charge in [-0.05, 0) is 87.6 Å². The molecule has 0 atom stereocenters. The molecule has 3 aromatic heterocycles. The maximum atomic E-state index is 13.0. The summed E-state index contributed by atoms with van der Waals surface area (Å²) in [4.78, 5) is 48.0. The molecule has 1 aliphatic carbocycles. The first kappa shape index (κ1) is 36.6. The summed E-state index contributed by atoms with van der Waals surface area (Å²) in [6, 6.07) is 12.7. The van der Waals surface area contributed by atoms with Crippen LogP contribution >= 0.6 is 11.6 Å². The van der Waals surface area contributed by atoms with Gasteiger partial charge in [-0.3, -0.25) is 24.5 Å². The molecule has 2 N–H and O–H groups in total. The average Bonchev–Trinajstić information content (AvgIpc) is 3.64. The number of hydrogen-bond donors (Lipinski definition) is 2. The van der Waals surface area contributed by atoms with Gasteiger partial charge in [0.2, 0.25) is 5.91 Å². The first-order valence-corrected chi connectivity index (χ1v) is 19.6. The molecule has 55 heavy (non-hydrogen) atoms. The molecule has 4 aromatic rings. The zero-order chi connectivity index (χ0) is 37.9. The van der Waals surface area contributed by atoms with Gasteiger partial charge in [-0.2, -0.15) is 10.4 Å². The number of piperidine rings is 2. The van der Waals surface area contributed by atoms with Crippen LogP contribution in [0.5, 0.6) is 5.75 Å². The van der Waals surface area contributed by atoms with E-state index in [9.17, 15) is 14.4 Å². The minimum Gasteiger partial charge on any atom is -0.490 e. The van der Waals surface area contributed by atoms with Crippen LogP contribution in [0.25, 0.3) is 10.9 Å². The second kappa shape index (κ2) is 16.2. The SMILES string of the molecule is N#Cc1ccc(OC2CCC(NC(=O)c3ccc(N4CCC(CN5CCC(n6ncc7c(N8CCC(=O)NC8=O)nccc76)CC5)CC4)nn3)CC2)cc1Cl. The summed E-state index contributed by atoms with van der Waals surface area (Å²) in [5, 5.41) is 29.2. The van der Waals surface area contributed by atoms with Crippen molar-refractivity contribution < 1.29 is 19.1 Å². The molecule has 15 nitrogen and oxygen atoms in total. The van der Waals surface area contributed by atoms with Crippen LogP contribution in [0.3, 0.4) is 0 Å². The third-order valence-electron chi connectivity index (χ3n) is 11.4. The highest BCUT2D eigenvalue weighted by Gasteiger charge is 2.30. The predicted molar refractivity (Wildman–Crippen MR) is 205 cm³/mol. The van der Waals surface area contributed by atoms with Crippen LogP contribution in [0, 0.1) is 17.2 Å². The van der Waals surface area contributed by atoms with Gasteiger partial charge in [-0.1, -0.05) is 11.6 Å². The van der Waals surface area contributed by atoms with E-state index in [2.05, 4.69) is 46.4 Å². The Bertz CT molecular complexity index is 2080. The number of hydrogen-bond acceptors (Lipinski definition) is 11. The van der Waals surface area contributed by atoms with E-state index in [4.69, 9.17) is 26.7 Å². The molecule has 3 aliphatic heterocycles. The number of carbonyl (C=O) groups excluding carboxylic acids is 3. The van der Waals surface area contributed by atoms with Gasteiger partial charge in [0.05, 0.1) is 39.8 Å². The molecule has 0 bridgehead atoms. The lowest BCUT2D eigenvalue weighted by Crippen LogP contribution is -2.49. The van der Waals surface area contributed by atoms with Crippen molar-refractivity contribution in [1.29, 1.82) is 5.26 Å². The van der Waals surface area contributed by atoms with Gasteiger partial charge in [-0.25, -0.2) is 9.78 Å². The van der Waals surface area contributed by atoms with Crippen molar-refractivity contribution in [2.75, 3.05) is 49.1 Å². The molecule has 3 saturated heterocycles. The number of urea groups is 1. The Morgan fingerprint density at radius 3 is 2.47 bits per heavy atom. The smallest absolute Gasteiger partial charge is 0.329 e. The summed E-state index contributed by atoms with van der Waals surface area (Å²) in [7, 11) is 0. The highest BCUT2D eigenvalue weighted by atomic mass is 35.5. The van der Waals surface area contributed by atoms with Crippen molar-refractivity contribution in [2.45, 2.75) is 76.0 Å². The molecule has 4 amide bonds. The van der Waals surface area contributed by atoms with Crippen LogP contribution in [0.4, 0.5) is 16.4 Å². The van der Waals surface area contributed by atoms with Crippen LogP contribution in [0.2, 0.25) is 5.02 Å². The Hall–Kier alpha value is -5.33. The fourth-order valence-electron chi connectivity index (χ4n) is 8.34. The molecule has 0 unspecified atom stereocenters. The number of anilines is 2. The van der Waals surface area contributed by atoms with E-state index in [0.717, 1.165) is 101 Å². The summed E-state index contributed by atoms with van der Waals surface area (Å²) >= 11 is 6.15. The van der Waals surface area contributed by atoms with Crippen molar-refractivity contribution in [3.63, 3.8) is 0 Å².